The Morgan fingerprint density at radius 2 is 1.65 bits per heavy atom. The van der Waals surface area contributed by atoms with Crippen molar-refractivity contribution in [3.63, 3.8) is 0 Å². The molecule has 0 radical (unpaired) electrons. The van der Waals surface area contributed by atoms with Gasteiger partial charge in [0.15, 0.2) is 12.4 Å². The number of esters is 1. The lowest BCUT2D eigenvalue weighted by Crippen LogP contribution is -2.29. The lowest BCUT2D eigenvalue weighted by atomic mass is 9.98. The van der Waals surface area contributed by atoms with Gasteiger partial charge in [-0.15, -0.1) is 0 Å². The van der Waals surface area contributed by atoms with Gasteiger partial charge in [-0.2, -0.15) is 0 Å². The van der Waals surface area contributed by atoms with Crippen LogP contribution in [0.25, 0.3) is 0 Å². The first-order valence-electron chi connectivity index (χ1n) is 8.36. The van der Waals surface area contributed by atoms with E-state index in [0.29, 0.717) is 17.1 Å². The van der Waals surface area contributed by atoms with Crippen LogP contribution in [-0.4, -0.2) is 30.8 Å². The molecule has 2 aromatic rings. The fourth-order valence-corrected chi connectivity index (χ4v) is 2.41. The molecule has 0 spiro atoms. The van der Waals surface area contributed by atoms with E-state index in [9.17, 15) is 14.4 Å². The second kappa shape index (κ2) is 9.73. The summed E-state index contributed by atoms with van der Waals surface area (Å²) in [5.41, 5.74) is 0.743. The van der Waals surface area contributed by atoms with Crippen LogP contribution in [-0.2, 0) is 9.53 Å². The summed E-state index contributed by atoms with van der Waals surface area (Å²) < 4.78 is 5.04. The van der Waals surface area contributed by atoms with E-state index in [1.807, 2.05) is 6.92 Å². The number of carbonyl (C=O) groups is 3. The quantitative estimate of drug-likeness (QED) is 0.435. The van der Waals surface area contributed by atoms with Gasteiger partial charge in [-0.3, -0.25) is 9.59 Å². The topological polar surface area (TPSA) is 72.5 Å². The highest BCUT2D eigenvalue weighted by Crippen LogP contribution is 2.17. The smallest absolute Gasteiger partial charge is 0.339 e. The van der Waals surface area contributed by atoms with Gasteiger partial charge in [0, 0.05) is 22.7 Å². The molecule has 0 bridgehead atoms. The van der Waals surface area contributed by atoms with Crippen molar-refractivity contribution in [2.45, 2.75) is 19.8 Å². The molecule has 6 heteroatoms. The van der Waals surface area contributed by atoms with E-state index >= 15 is 0 Å². The molecule has 26 heavy (non-hydrogen) atoms. The molecule has 136 valence electrons. The summed E-state index contributed by atoms with van der Waals surface area (Å²) in [6.07, 6.45) is 1.82. The molecule has 0 aliphatic heterocycles. The predicted octanol–water partition coefficient (Wildman–Crippen LogP) is 3.64. The Labute approximate surface area is 157 Å². The average molecular weight is 374 g/mol. The van der Waals surface area contributed by atoms with Gasteiger partial charge in [0.2, 0.25) is 0 Å². The number of ether oxygens (including phenoxy) is 1. The van der Waals surface area contributed by atoms with E-state index in [2.05, 4.69) is 5.32 Å². The highest BCUT2D eigenvalue weighted by atomic mass is 35.5. The fraction of sp³-hybridized carbons (Fsp3) is 0.250. The van der Waals surface area contributed by atoms with Gasteiger partial charge < -0.3 is 10.1 Å². The van der Waals surface area contributed by atoms with Gasteiger partial charge in [-0.1, -0.05) is 43.1 Å². The molecule has 0 aliphatic rings. The zero-order chi connectivity index (χ0) is 18.9. The second-order valence-electron chi connectivity index (χ2n) is 5.66. The summed E-state index contributed by atoms with van der Waals surface area (Å²) >= 11 is 5.84. The van der Waals surface area contributed by atoms with Crippen molar-refractivity contribution in [2.75, 3.05) is 13.2 Å². The van der Waals surface area contributed by atoms with Crippen molar-refractivity contribution in [1.82, 2.24) is 5.32 Å². The first-order valence-corrected chi connectivity index (χ1v) is 8.74. The third-order valence-electron chi connectivity index (χ3n) is 3.68. The Balaban J connectivity index is 2.08. The molecular formula is C20H20ClNO4. The molecule has 0 aromatic heterocycles. The van der Waals surface area contributed by atoms with Crippen LogP contribution in [0.2, 0.25) is 5.02 Å². The minimum atomic E-state index is -0.714. The standard InChI is InChI=1S/C20H20ClNO4/c1-2-3-12-22-18(23)13-26-20(25)17-7-5-4-6-16(17)19(24)14-8-10-15(21)11-9-14/h4-11H,2-3,12-13H2,1H3,(H,22,23). The highest BCUT2D eigenvalue weighted by molar-refractivity contribution is 6.30. The van der Waals surface area contributed by atoms with Crippen LogP contribution < -0.4 is 5.32 Å². The number of unbranched alkanes of at least 4 members (excludes halogenated alkanes) is 1. The maximum atomic E-state index is 12.7. The maximum Gasteiger partial charge on any atom is 0.339 e. The molecule has 0 heterocycles. The summed E-state index contributed by atoms with van der Waals surface area (Å²) in [4.78, 5) is 36.6. The van der Waals surface area contributed by atoms with Crippen molar-refractivity contribution < 1.29 is 19.1 Å². The number of rotatable bonds is 8. The minimum Gasteiger partial charge on any atom is -0.452 e. The summed E-state index contributed by atoms with van der Waals surface area (Å²) in [5.74, 6) is -1.40. The van der Waals surface area contributed by atoms with Crippen molar-refractivity contribution in [3.05, 3.63) is 70.2 Å². The molecule has 2 aromatic carbocycles. The second-order valence-corrected chi connectivity index (χ2v) is 6.10. The van der Waals surface area contributed by atoms with Crippen LogP contribution in [0.15, 0.2) is 48.5 Å². The van der Waals surface area contributed by atoms with Gasteiger partial charge in [0.05, 0.1) is 5.56 Å². The van der Waals surface area contributed by atoms with Gasteiger partial charge in [-0.05, 0) is 36.8 Å². The Kier molecular flexibility index (Phi) is 7.36. The number of hydrogen-bond donors (Lipinski definition) is 1. The molecule has 0 saturated carbocycles. The minimum absolute atomic E-state index is 0.119. The third-order valence-corrected chi connectivity index (χ3v) is 3.94. The zero-order valence-corrected chi connectivity index (χ0v) is 15.2. The summed E-state index contributed by atoms with van der Waals surface area (Å²) in [5, 5.41) is 3.18. The maximum absolute atomic E-state index is 12.7. The third kappa shape index (κ3) is 5.43. The first kappa shape index (κ1) is 19.7. The van der Waals surface area contributed by atoms with Gasteiger partial charge in [0.1, 0.15) is 0 Å². The van der Waals surface area contributed by atoms with Crippen LogP contribution in [0.3, 0.4) is 0 Å². The largest absolute Gasteiger partial charge is 0.452 e. The van der Waals surface area contributed by atoms with Gasteiger partial charge in [0.25, 0.3) is 5.91 Å². The Hall–Kier alpha value is -2.66. The molecule has 0 saturated heterocycles. The van der Waals surface area contributed by atoms with E-state index in [-0.39, 0.29) is 29.4 Å². The number of ketones is 1. The van der Waals surface area contributed by atoms with E-state index in [0.717, 1.165) is 12.8 Å². The van der Waals surface area contributed by atoms with Crippen LogP contribution in [0, 0.1) is 0 Å². The summed E-state index contributed by atoms with van der Waals surface area (Å²) in [6.45, 7) is 2.17. The van der Waals surface area contributed by atoms with Crippen LogP contribution in [0.4, 0.5) is 0 Å². The number of carbonyl (C=O) groups excluding carboxylic acids is 3. The number of benzene rings is 2. The first-order chi connectivity index (χ1) is 12.5. The molecule has 5 nitrogen and oxygen atoms in total. The summed E-state index contributed by atoms with van der Waals surface area (Å²) in [7, 11) is 0. The molecule has 0 aliphatic carbocycles. The Morgan fingerprint density at radius 3 is 2.31 bits per heavy atom. The number of nitrogens with one attached hydrogen (secondary N) is 1. The van der Waals surface area contributed by atoms with Crippen LogP contribution in [0.5, 0.6) is 0 Å². The normalized spacial score (nSPS) is 10.2. The van der Waals surface area contributed by atoms with E-state index in [4.69, 9.17) is 16.3 Å². The van der Waals surface area contributed by atoms with Crippen molar-refractivity contribution in [1.29, 1.82) is 0 Å². The van der Waals surface area contributed by atoms with Gasteiger partial charge >= 0.3 is 5.97 Å². The monoisotopic (exact) mass is 373 g/mol. The number of amides is 1. The van der Waals surface area contributed by atoms with E-state index in [1.165, 1.54) is 6.07 Å². The molecular weight excluding hydrogens is 354 g/mol. The molecule has 0 atom stereocenters. The molecule has 1 N–H and O–H groups in total. The zero-order valence-electron chi connectivity index (χ0n) is 14.5. The molecule has 2 rings (SSSR count). The van der Waals surface area contributed by atoms with Crippen molar-refractivity contribution in [2.24, 2.45) is 0 Å². The van der Waals surface area contributed by atoms with Crippen molar-refractivity contribution in [3.8, 4) is 0 Å². The van der Waals surface area contributed by atoms with Gasteiger partial charge in [-0.25, -0.2) is 4.79 Å². The lowest BCUT2D eigenvalue weighted by molar-refractivity contribution is -0.124. The van der Waals surface area contributed by atoms with Crippen molar-refractivity contribution >= 4 is 29.3 Å². The lowest BCUT2D eigenvalue weighted by Gasteiger charge is -2.09. The predicted molar refractivity (Wildman–Crippen MR) is 99.5 cm³/mol. The Morgan fingerprint density at radius 1 is 1.00 bits per heavy atom. The van der Waals surface area contributed by atoms with Crippen LogP contribution in [0.1, 0.15) is 46.0 Å². The summed E-state index contributed by atoms with van der Waals surface area (Å²) in [6, 6.07) is 12.7. The van der Waals surface area contributed by atoms with Crippen LogP contribution >= 0.6 is 11.6 Å². The Bertz CT molecular complexity index is 787. The van der Waals surface area contributed by atoms with E-state index < -0.39 is 5.97 Å². The number of hydrogen-bond acceptors (Lipinski definition) is 4. The molecule has 0 fully saturated rings. The molecule has 1 amide bonds. The highest BCUT2D eigenvalue weighted by Gasteiger charge is 2.19. The number of halogens is 1. The SMILES string of the molecule is CCCCNC(=O)COC(=O)c1ccccc1C(=O)c1ccc(Cl)cc1. The molecule has 0 unspecified atom stereocenters. The average Bonchev–Trinajstić information content (AvgIpc) is 2.66. The van der Waals surface area contributed by atoms with E-state index in [1.54, 1.807) is 42.5 Å². The fourth-order valence-electron chi connectivity index (χ4n) is 2.28.